The third-order valence-corrected chi connectivity index (χ3v) is 8.54. The molecule has 2 aromatic heterocycles. The van der Waals surface area contributed by atoms with Gasteiger partial charge in [0.25, 0.3) is 5.91 Å². The molecule has 238 valence electrons. The predicted molar refractivity (Wildman–Crippen MR) is 166 cm³/mol. The summed E-state index contributed by atoms with van der Waals surface area (Å²) in [5.74, 6) is 0.472. The Labute approximate surface area is 260 Å². The van der Waals surface area contributed by atoms with E-state index in [-0.39, 0.29) is 11.7 Å². The number of amides is 1. The lowest BCUT2D eigenvalue weighted by molar-refractivity contribution is -0.0498. The molecule has 2 aliphatic heterocycles. The molecule has 2 aliphatic rings. The number of carbonyl (C=O) groups excluding carboxylic acids is 1. The van der Waals surface area contributed by atoms with Crippen molar-refractivity contribution < 1.29 is 27.8 Å². The Morgan fingerprint density at radius 1 is 1.13 bits per heavy atom. The minimum absolute atomic E-state index is 0.0869. The number of carbonyl (C=O) groups is 1. The second-order valence-corrected chi connectivity index (χ2v) is 11.7. The summed E-state index contributed by atoms with van der Waals surface area (Å²) in [4.78, 5) is 24.3. The summed E-state index contributed by atoms with van der Waals surface area (Å²) in [5, 5.41) is 6.25. The maximum absolute atomic E-state index is 12.9. The Balaban J connectivity index is 0.988. The Morgan fingerprint density at radius 2 is 2.00 bits per heavy atom. The van der Waals surface area contributed by atoms with E-state index < -0.39 is 6.61 Å². The van der Waals surface area contributed by atoms with E-state index in [0.717, 1.165) is 61.8 Å². The number of nitrogens with one attached hydrogen (secondary N) is 2. The summed E-state index contributed by atoms with van der Waals surface area (Å²) in [6.07, 6.45) is 8.75. The molecule has 6 rings (SSSR count). The normalized spacial score (nSPS) is 18.6. The molecule has 1 unspecified atom stereocenters. The first kappa shape index (κ1) is 30.9. The molecule has 1 amide bonds. The van der Waals surface area contributed by atoms with Gasteiger partial charge in [-0.25, -0.2) is 9.97 Å². The zero-order valence-corrected chi connectivity index (χ0v) is 25.3. The molecule has 0 aliphatic carbocycles. The number of nitrogens with zero attached hydrogens (tertiary/aromatic N) is 4. The van der Waals surface area contributed by atoms with E-state index in [0.29, 0.717) is 42.2 Å². The summed E-state index contributed by atoms with van der Waals surface area (Å²) >= 11 is 0. The third kappa shape index (κ3) is 7.41. The van der Waals surface area contributed by atoms with E-state index >= 15 is 0 Å². The van der Waals surface area contributed by atoms with Crippen LogP contribution in [0.4, 0.5) is 20.3 Å². The van der Waals surface area contributed by atoms with Gasteiger partial charge in [-0.2, -0.15) is 8.78 Å². The van der Waals surface area contributed by atoms with Crippen molar-refractivity contribution in [3.05, 3.63) is 72.2 Å². The third-order valence-electron chi connectivity index (χ3n) is 8.54. The lowest BCUT2D eigenvalue weighted by atomic mass is 9.82. The number of imidazole rings is 1. The maximum atomic E-state index is 12.9. The van der Waals surface area contributed by atoms with Gasteiger partial charge in [0, 0.05) is 60.9 Å². The van der Waals surface area contributed by atoms with Crippen molar-refractivity contribution in [2.24, 2.45) is 5.41 Å². The molecular formula is C33H38F2N6O4. The SMILES string of the molecule is Cc1cc(Nc2nccn3c(-c4ccc(OC(F)F)cc4)cnc23)ccc1C(=O)NCCOCCN1CCC2(CCCOC2)C1. The number of hydrogen-bond acceptors (Lipinski definition) is 8. The monoisotopic (exact) mass is 620 g/mol. The first-order valence-electron chi connectivity index (χ1n) is 15.3. The predicted octanol–water partition coefficient (Wildman–Crippen LogP) is 5.30. The Hall–Kier alpha value is -4.13. The zero-order chi connectivity index (χ0) is 31.2. The summed E-state index contributed by atoms with van der Waals surface area (Å²) in [7, 11) is 0. The first-order valence-corrected chi connectivity index (χ1v) is 15.3. The number of halogens is 2. The summed E-state index contributed by atoms with van der Waals surface area (Å²) in [5.41, 5.74) is 4.65. The van der Waals surface area contributed by atoms with Gasteiger partial charge in [0.05, 0.1) is 31.7 Å². The number of anilines is 2. The van der Waals surface area contributed by atoms with Gasteiger partial charge in [-0.3, -0.25) is 9.20 Å². The lowest BCUT2D eigenvalue weighted by Gasteiger charge is -2.33. The molecule has 10 nitrogen and oxygen atoms in total. The van der Waals surface area contributed by atoms with Gasteiger partial charge in [-0.15, -0.1) is 0 Å². The quantitative estimate of drug-likeness (QED) is 0.206. The fourth-order valence-corrected chi connectivity index (χ4v) is 6.24. The molecule has 45 heavy (non-hydrogen) atoms. The Kier molecular flexibility index (Phi) is 9.53. The van der Waals surface area contributed by atoms with Crippen molar-refractivity contribution in [2.75, 3.05) is 57.9 Å². The summed E-state index contributed by atoms with van der Waals surface area (Å²) < 4.78 is 42.9. The molecule has 0 radical (unpaired) electrons. The molecule has 2 fully saturated rings. The summed E-state index contributed by atoms with van der Waals surface area (Å²) in [6, 6.07) is 11.9. The number of ether oxygens (including phenoxy) is 3. The number of hydrogen-bond donors (Lipinski definition) is 2. The van der Waals surface area contributed by atoms with Crippen LogP contribution in [0.2, 0.25) is 0 Å². The fourth-order valence-electron chi connectivity index (χ4n) is 6.24. The van der Waals surface area contributed by atoms with Crippen molar-refractivity contribution in [3.8, 4) is 17.0 Å². The van der Waals surface area contributed by atoms with Gasteiger partial charge in [0.1, 0.15) is 5.75 Å². The van der Waals surface area contributed by atoms with Gasteiger partial charge in [-0.05, 0) is 80.8 Å². The molecule has 4 aromatic rings. The van der Waals surface area contributed by atoms with Gasteiger partial charge in [0.2, 0.25) is 0 Å². The van der Waals surface area contributed by atoms with Crippen LogP contribution < -0.4 is 15.4 Å². The molecule has 1 spiro atoms. The molecule has 2 saturated heterocycles. The molecule has 2 aromatic carbocycles. The number of likely N-dealkylation sites (tertiary alicyclic amines) is 1. The smallest absolute Gasteiger partial charge is 0.387 e. The van der Waals surface area contributed by atoms with Crippen LogP contribution in [0.25, 0.3) is 16.9 Å². The maximum Gasteiger partial charge on any atom is 0.387 e. The van der Waals surface area contributed by atoms with E-state index in [2.05, 4.69) is 30.2 Å². The highest BCUT2D eigenvalue weighted by molar-refractivity contribution is 5.96. The van der Waals surface area contributed by atoms with Crippen LogP contribution in [0.15, 0.2) is 61.1 Å². The van der Waals surface area contributed by atoms with Gasteiger partial charge >= 0.3 is 6.61 Å². The van der Waals surface area contributed by atoms with Crippen LogP contribution in [0.5, 0.6) is 5.75 Å². The Morgan fingerprint density at radius 3 is 2.78 bits per heavy atom. The van der Waals surface area contributed by atoms with Crippen molar-refractivity contribution in [1.82, 2.24) is 24.6 Å². The Bertz CT molecular complexity index is 1610. The van der Waals surface area contributed by atoms with Crippen LogP contribution in [-0.2, 0) is 9.47 Å². The fraction of sp³-hybridized carbons (Fsp3) is 0.424. The number of benzene rings is 2. The van der Waals surface area contributed by atoms with Gasteiger partial charge in [-0.1, -0.05) is 0 Å². The molecule has 12 heteroatoms. The molecule has 2 N–H and O–H groups in total. The average Bonchev–Trinajstić information content (AvgIpc) is 3.64. The minimum Gasteiger partial charge on any atom is -0.435 e. The van der Waals surface area contributed by atoms with Crippen LogP contribution in [0, 0.1) is 12.3 Å². The average molecular weight is 621 g/mol. The number of alkyl halides is 2. The van der Waals surface area contributed by atoms with Gasteiger partial charge in [0.15, 0.2) is 11.5 Å². The van der Waals surface area contributed by atoms with Crippen molar-refractivity contribution in [1.29, 1.82) is 0 Å². The minimum atomic E-state index is -2.88. The van der Waals surface area contributed by atoms with Crippen molar-refractivity contribution in [2.45, 2.75) is 32.8 Å². The van der Waals surface area contributed by atoms with Gasteiger partial charge < -0.3 is 29.7 Å². The van der Waals surface area contributed by atoms with E-state index in [1.165, 1.54) is 25.0 Å². The van der Waals surface area contributed by atoms with E-state index in [9.17, 15) is 13.6 Å². The highest BCUT2D eigenvalue weighted by Gasteiger charge is 2.39. The molecule has 0 bridgehead atoms. The number of aryl methyl sites for hydroxylation is 1. The van der Waals surface area contributed by atoms with Crippen LogP contribution in [0.1, 0.15) is 35.2 Å². The van der Waals surface area contributed by atoms with Crippen LogP contribution in [0.3, 0.4) is 0 Å². The van der Waals surface area contributed by atoms with Crippen LogP contribution in [-0.4, -0.2) is 84.4 Å². The largest absolute Gasteiger partial charge is 0.435 e. The number of aromatic nitrogens is 3. The highest BCUT2D eigenvalue weighted by atomic mass is 19.3. The summed E-state index contributed by atoms with van der Waals surface area (Å²) in [6.45, 7) is 5.42. The molecular weight excluding hydrogens is 582 g/mol. The number of rotatable bonds is 12. The second-order valence-electron chi connectivity index (χ2n) is 11.7. The second kappa shape index (κ2) is 13.9. The van der Waals surface area contributed by atoms with Crippen molar-refractivity contribution >= 4 is 23.1 Å². The van der Waals surface area contributed by atoms with E-state index in [1.54, 1.807) is 36.8 Å². The van der Waals surface area contributed by atoms with Crippen LogP contribution >= 0.6 is 0 Å². The van der Waals surface area contributed by atoms with E-state index in [4.69, 9.17) is 9.47 Å². The van der Waals surface area contributed by atoms with E-state index in [1.807, 2.05) is 23.5 Å². The molecule has 0 saturated carbocycles. The van der Waals surface area contributed by atoms with Crippen molar-refractivity contribution in [3.63, 3.8) is 0 Å². The lowest BCUT2D eigenvalue weighted by Crippen LogP contribution is -2.36. The highest BCUT2D eigenvalue weighted by Crippen LogP contribution is 2.37. The number of fused-ring (bicyclic) bond motifs is 1. The topological polar surface area (TPSA) is 102 Å². The zero-order valence-electron chi connectivity index (χ0n) is 25.3. The molecule has 4 heterocycles. The molecule has 1 atom stereocenters. The standard InChI is InChI=1S/C33H38F2N6O4/c1-23-19-25(39-29-30-38-20-28(41(30)14-11-36-29)24-3-6-26(7-4-24)45-32(34)35)5-8-27(23)31(42)37-12-17-43-18-15-40-13-10-33(21-40)9-2-16-44-22-33/h3-8,11,14,19-20,32H,2,9-10,12-13,15-18,21-22H2,1H3,(H,36,39)(H,37,42). The first-order chi connectivity index (χ1) is 21.9.